The fourth-order valence-electron chi connectivity index (χ4n) is 4.82. The number of carbonyl (C=O) groups excluding carboxylic acids is 2. The second-order valence-corrected chi connectivity index (χ2v) is 8.72. The number of nitrogens with zero attached hydrogens (tertiary/aromatic N) is 3. The van der Waals surface area contributed by atoms with Gasteiger partial charge in [0, 0.05) is 42.7 Å². The first-order valence-corrected chi connectivity index (χ1v) is 10.4. The lowest BCUT2D eigenvalue weighted by Gasteiger charge is -2.19. The molecule has 0 unspecified atom stereocenters. The molecular formula is C23H25N5O2. The molecule has 0 spiro atoms. The number of amides is 2. The van der Waals surface area contributed by atoms with Gasteiger partial charge in [0.2, 0.25) is 11.8 Å². The zero-order valence-corrected chi connectivity index (χ0v) is 17.5. The minimum Gasteiger partial charge on any atom is -0.353 e. The van der Waals surface area contributed by atoms with Gasteiger partial charge in [-0.3, -0.25) is 14.7 Å². The van der Waals surface area contributed by atoms with Crippen molar-refractivity contribution in [2.75, 3.05) is 11.4 Å². The number of aliphatic imine (C=N–C) groups is 1. The van der Waals surface area contributed by atoms with Crippen LogP contribution in [0.15, 0.2) is 23.3 Å². The number of aromatic amines is 2. The van der Waals surface area contributed by atoms with Crippen molar-refractivity contribution in [1.29, 1.82) is 0 Å². The number of hydrogen-bond donors (Lipinski definition) is 2. The summed E-state index contributed by atoms with van der Waals surface area (Å²) in [5.74, 6) is -0.137. The van der Waals surface area contributed by atoms with Crippen molar-refractivity contribution < 1.29 is 9.59 Å². The summed E-state index contributed by atoms with van der Waals surface area (Å²) in [6, 6.07) is 4.30. The number of fused-ring (bicyclic) bond motifs is 6. The number of aryl methyl sites for hydroxylation is 2. The van der Waals surface area contributed by atoms with E-state index in [4.69, 9.17) is 0 Å². The summed E-state index contributed by atoms with van der Waals surface area (Å²) in [5.41, 5.74) is 7.18. The summed E-state index contributed by atoms with van der Waals surface area (Å²) in [5, 5.41) is 8.57. The number of nitrogens with one attached hydrogen (secondary N) is 2. The number of aromatic nitrogens is 3. The van der Waals surface area contributed by atoms with E-state index >= 15 is 0 Å². The van der Waals surface area contributed by atoms with E-state index in [-0.39, 0.29) is 11.8 Å². The fourth-order valence-corrected chi connectivity index (χ4v) is 4.82. The van der Waals surface area contributed by atoms with Crippen LogP contribution >= 0.6 is 0 Å². The Balaban J connectivity index is 1.61. The Morgan fingerprint density at radius 3 is 2.93 bits per heavy atom. The molecule has 0 fully saturated rings. The zero-order chi connectivity index (χ0) is 21.0. The van der Waals surface area contributed by atoms with Gasteiger partial charge in [-0.15, -0.1) is 0 Å². The Kier molecular flexibility index (Phi) is 4.17. The van der Waals surface area contributed by atoms with Crippen LogP contribution in [-0.2, 0) is 27.8 Å². The van der Waals surface area contributed by atoms with Crippen LogP contribution in [0.4, 0.5) is 5.69 Å². The largest absolute Gasteiger partial charge is 0.353 e. The van der Waals surface area contributed by atoms with Crippen molar-refractivity contribution in [3.8, 4) is 11.4 Å². The lowest BCUT2D eigenvalue weighted by molar-refractivity contribution is -0.122. The van der Waals surface area contributed by atoms with Gasteiger partial charge >= 0.3 is 0 Å². The molecule has 0 radical (unpaired) electrons. The predicted octanol–water partition coefficient (Wildman–Crippen LogP) is 3.68. The first kappa shape index (κ1) is 18.8. The van der Waals surface area contributed by atoms with Crippen LogP contribution in [0.1, 0.15) is 50.3 Å². The van der Waals surface area contributed by atoms with Gasteiger partial charge in [-0.1, -0.05) is 0 Å². The van der Waals surface area contributed by atoms with Crippen molar-refractivity contribution in [3.63, 3.8) is 0 Å². The molecule has 0 bridgehead atoms. The highest BCUT2D eigenvalue weighted by Gasteiger charge is 2.44. The average Bonchev–Trinajstić information content (AvgIpc) is 3.31. The van der Waals surface area contributed by atoms with E-state index in [9.17, 15) is 9.59 Å². The fraction of sp³-hybridized carbons (Fsp3) is 0.391. The molecule has 30 heavy (non-hydrogen) atoms. The number of carbonyl (C=O) groups is 2. The molecule has 3 heterocycles. The van der Waals surface area contributed by atoms with E-state index < -0.39 is 5.41 Å². The van der Waals surface area contributed by atoms with E-state index in [1.165, 1.54) is 23.4 Å². The van der Waals surface area contributed by atoms with Gasteiger partial charge in [0.05, 0.1) is 23.0 Å². The van der Waals surface area contributed by atoms with Gasteiger partial charge in [0.1, 0.15) is 0 Å². The number of hydrogen-bond acceptors (Lipinski definition) is 3. The number of anilines is 1. The molecule has 1 aromatic carbocycles. The lowest BCUT2D eigenvalue weighted by atomic mass is 9.85. The molecule has 1 aliphatic heterocycles. The first-order chi connectivity index (χ1) is 14.4. The smallest absolute Gasteiger partial charge is 0.242 e. The summed E-state index contributed by atoms with van der Waals surface area (Å²) in [6.45, 7) is 5.89. The molecule has 7 heteroatoms. The van der Waals surface area contributed by atoms with Crippen LogP contribution in [0.3, 0.4) is 0 Å². The normalized spacial score (nSPS) is 17.3. The Morgan fingerprint density at radius 1 is 1.30 bits per heavy atom. The molecule has 154 valence electrons. The molecular weight excluding hydrogens is 378 g/mol. The van der Waals surface area contributed by atoms with Crippen LogP contribution < -0.4 is 4.90 Å². The zero-order valence-electron chi connectivity index (χ0n) is 17.5. The molecule has 2 amide bonds. The van der Waals surface area contributed by atoms with Crippen molar-refractivity contribution >= 4 is 34.6 Å². The third kappa shape index (κ3) is 2.72. The van der Waals surface area contributed by atoms with Gasteiger partial charge in [-0.05, 0) is 61.9 Å². The maximum absolute atomic E-state index is 13.2. The van der Waals surface area contributed by atoms with Gasteiger partial charge < -0.3 is 9.88 Å². The van der Waals surface area contributed by atoms with Gasteiger partial charge in [-0.25, -0.2) is 4.99 Å². The molecule has 3 aromatic rings. The Bertz CT molecular complexity index is 1210. The molecule has 0 saturated carbocycles. The monoisotopic (exact) mass is 403 g/mol. The third-order valence-electron chi connectivity index (χ3n) is 6.36. The van der Waals surface area contributed by atoms with Crippen LogP contribution in [0.25, 0.3) is 22.3 Å². The molecule has 5 rings (SSSR count). The van der Waals surface area contributed by atoms with Crippen molar-refractivity contribution in [2.45, 2.75) is 51.9 Å². The number of benzene rings is 1. The first-order valence-electron chi connectivity index (χ1n) is 10.4. The summed E-state index contributed by atoms with van der Waals surface area (Å²) >= 11 is 0. The molecule has 2 aromatic heterocycles. The molecule has 2 N–H and O–H groups in total. The minimum absolute atomic E-state index is 0.0864. The van der Waals surface area contributed by atoms with E-state index in [0.29, 0.717) is 13.0 Å². The topological polar surface area (TPSA) is 94.2 Å². The molecule has 0 saturated heterocycles. The molecule has 0 atom stereocenters. The Hall–Kier alpha value is -3.22. The second kappa shape index (κ2) is 6.65. The average molecular weight is 403 g/mol. The van der Waals surface area contributed by atoms with E-state index in [2.05, 4.69) is 32.3 Å². The molecule has 2 aliphatic rings. The van der Waals surface area contributed by atoms with Crippen molar-refractivity contribution in [3.05, 3.63) is 35.0 Å². The Labute approximate surface area is 174 Å². The van der Waals surface area contributed by atoms with Crippen LogP contribution in [0.2, 0.25) is 0 Å². The van der Waals surface area contributed by atoms with E-state index in [1.807, 2.05) is 24.9 Å². The second-order valence-electron chi connectivity index (χ2n) is 8.72. The van der Waals surface area contributed by atoms with Crippen molar-refractivity contribution in [2.24, 2.45) is 4.99 Å². The maximum atomic E-state index is 13.2. The van der Waals surface area contributed by atoms with Crippen LogP contribution in [0, 0.1) is 0 Å². The summed E-state index contributed by atoms with van der Waals surface area (Å²) < 4.78 is 0. The van der Waals surface area contributed by atoms with Gasteiger partial charge in [-0.2, -0.15) is 5.10 Å². The molecule has 1 aliphatic carbocycles. The summed E-state index contributed by atoms with van der Waals surface area (Å²) in [4.78, 5) is 33.5. The summed E-state index contributed by atoms with van der Waals surface area (Å²) in [6.07, 6.45) is 7.12. The van der Waals surface area contributed by atoms with Gasteiger partial charge in [0.15, 0.2) is 0 Å². The maximum Gasteiger partial charge on any atom is 0.242 e. The number of rotatable bonds is 3. The van der Waals surface area contributed by atoms with Crippen molar-refractivity contribution in [1.82, 2.24) is 15.2 Å². The lowest BCUT2D eigenvalue weighted by Crippen LogP contribution is -2.36. The van der Waals surface area contributed by atoms with Crippen LogP contribution in [-0.4, -0.2) is 39.8 Å². The number of H-pyrrole nitrogens is 2. The summed E-state index contributed by atoms with van der Waals surface area (Å²) in [7, 11) is 0. The standard InChI is InChI=1S/C23H25N5O2/c1-13(29)24-8-5-9-28-19-10-16-15-7-4-6-14-12-25-27-20(14)21(15)26-18(16)11-17(19)23(2,3)22(28)30/h8,10-12,26H,4-7,9H2,1-3H3,(H,25,27). The Morgan fingerprint density at radius 2 is 2.13 bits per heavy atom. The predicted molar refractivity (Wildman–Crippen MR) is 117 cm³/mol. The van der Waals surface area contributed by atoms with E-state index in [0.717, 1.165) is 47.4 Å². The van der Waals surface area contributed by atoms with E-state index in [1.54, 1.807) is 6.21 Å². The molecule has 7 nitrogen and oxygen atoms in total. The highest BCUT2D eigenvalue weighted by atomic mass is 16.2. The highest BCUT2D eigenvalue weighted by molar-refractivity contribution is 6.10. The SMILES string of the molecule is CC(=O)N=CCCN1C(=O)C(C)(C)c2cc3[nH]c4c(c3cc21)CCCc1cn[nH]c1-4. The quantitative estimate of drug-likeness (QED) is 0.653. The van der Waals surface area contributed by atoms with Crippen LogP contribution in [0.5, 0.6) is 0 Å². The minimum atomic E-state index is -0.594. The third-order valence-corrected chi connectivity index (χ3v) is 6.36. The highest BCUT2D eigenvalue weighted by Crippen LogP contribution is 2.45. The van der Waals surface area contributed by atoms with Gasteiger partial charge in [0.25, 0.3) is 0 Å².